The standard InChI is InChI=1S/C13H17BrO4/c1-2-15-5-6-16-10-3-4-13(12(14)7-10)18-9-11-8-17-11/h3-4,7,11H,2,5-6,8-9H2,1H3. The molecule has 4 nitrogen and oxygen atoms in total. The molecule has 0 radical (unpaired) electrons. The second kappa shape index (κ2) is 6.97. The number of halogens is 1. The first kappa shape index (κ1) is 13.6. The summed E-state index contributed by atoms with van der Waals surface area (Å²) in [7, 11) is 0. The van der Waals surface area contributed by atoms with Crippen molar-refractivity contribution in [3.63, 3.8) is 0 Å². The molecule has 1 aliphatic heterocycles. The Bertz CT molecular complexity index is 379. The zero-order valence-electron chi connectivity index (χ0n) is 10.4. The largest absolute Gasteiger partial charge is 0.491 e. The van der Waals surface area contributed by atoms with E-state index in [0.717, 1.165) is 22.6 Å². The van der Waals surface area contributed by atoms with Crippen molar-refractivity contribution in [3.05, 3.63) is 22.7 Å². The summed E-state index contributed by atoms with van der Waals surface area (Å²) in [5, 5.41) is 0. The van der Waals surface area contributed by atoms with Gasteiger partial charge >= 0.3 is 0 Å². The van der Waals surface area contributed by atoms with Crippen molar-refractivity contribution in [3.8, 4) is 11.5 Å². The molecule has 1 fully saturated rings. The summed E-state index contributed by atoms with van der Waals surface area (Å²) in [6.07, 6.45) is 0.263. The van der Waals surface area contributed by atoms with Gasteiger partial charge in [0.1, 0.15) is 30.8 Å². The van der Waals surface area contributed by atoms with E-state index >= 15 is 0 Å². The van der Waals surface area contributed by atoms with Crippen LogP contribution >= 0.6 is 15.9 Å². The molecule has 18 heavy (non-hydrogen) atoms. The van der Waals surface area contributed by atoms with Gasteiger partial charge in [0, 0.05) is 6.61 Å². The lowest BCUT2D eigenvalue weighted by Crippen LogP contribution is -2.07. The van der Waals surface area contributed by atoms with Crippen LogP contribution in [0.1, 0.15) is 6.92 Å². The van der Waals surface area contributed by atoms with Crippen molar-refractivity contribution in [1.82, 2.24) is 0 Å². The maximum atomic E-state index is 5.61. The maximum absolute atomic E-state index is 5.61. The third-order valence-electron chi connectivity index (χ3n) is 2.43. The summed E-state index contributed by atoms with van der Waals surface area (Å²) in [4.78, 5) is 0. The third kappa shape index (κ3) is 4.48. The Labute approximate surface area is 115 Å². The van der Waals surface area contributed by atoms with Gasteiger partial charge in [-0.15, -0.1) is 0 Å². The third-order valence-corrected chi connectivity index (χ3v) is 3.05. The maximum Gasteiger partial charge on any atom is 0.133 e. The molecule has 0 bridgehead atoms. The fourth-order valence-corrected chi connectivity index (χ4v) is 1.87. The van der Waals surface area contributed by atoms with Gasteiger partial charge < -0.3 is 18.9 Å². The molecule has 1 aromatic rings. The smallest absolute Gasteiger partial charge is 0.133 e. The van der Waals surface area contributed by atoms with E-state index in [9.17, 15) is 0 Å². The van der Waals surface area contributed by atoms with E-state index < -0.39 is 0 Å². The molecule has 0 spiro atoms. The number of benzene rings is 1. The summed E-state index contributed by atoms with van der Waals surface area (Å²) < 4.78 is 22.3. The highest BCUT2D eigenvalue weighted by molar-refractivity contribution is 9.10. The summed E-state index contributed by atoms with van der Waals surface area (Å²) in [5.74, 6) is 1.61. The van der Waals surface area contributed by atoms with Gasteiger partial charge in [0.15, 0.2) is 0 Å². The molecular formula is C13H17BrO4. The molecular weight excluding hydrogens is 300 g/mol. The van der Waals surface area contributed by atoms with Crippen LogP contribution in [0.15, 0.2) is 22.7 Å². The number of hydrogen-bond acceptors (Lipinski definition) is 4. The van der Waals surface area contributed by atoms with Gasteiger partial charge in [-0.3, -0.25) is 0 Å². The first-order valence-electron chi connectivity index (χ1n) is 6.04. The molecule has 0 aromatic heterocycles. The minimum Gasteiger partial charge on any atom is -0.491 e. The molecule has 2 rings (SSSR count). The van der Waals surface area contributed by atoms with E-state index in [2.05, 4.69) is 15.9 Å². The molecule has 1 atom stereocenters. The average Bonchev–Trinajstić information content (AvgIpc) is 3.18. The van der Waals surface area contributed by atoms with Gasteiger partial charge in [0.2, 0.25) is 0 Å². The second-order valence-electron chi connectivity index (χ2n) is 3.90. The minimum absolute atomic E-state index is 0.263. The summed E-state index contributed by atoms with van der Waals surface area (Å²) in [6.45, 7) is 5.23. The highest BCUT2D eigenvalue weighted by atomic mass is 79.9. The summed E-state index contributed by atoms with van der Waals surface area (Å²) >= 11 is 3.46. The fourth-order valence-electron chi connectivity index (χ4n) is 1.40. The highest BCUT2D eigenvalue weighted by Crippen LogP contribution is 2.29. The number of epoxide rings is 1. The molecule has 1 aromatic carbocycles. The highest BCUT2D eigenvalue weighted by Gasteiger charge is 2.23. The average molecular weight is 317 g/mol. The van der Waals surface area contributed by atoms with Crippen LogP contribution < -0.4 is 9.47 Å². The van der Waals surface area contributed by atoms with E-state index in [1.807, 2.05) is 25.1 Å². The van der Waals surface area contributed by atoms with Crippen molar-refractivity contribution >= 4 is 15.9 Å². The van der Waals surface area contributed by atoms with E-state index in [4.69, 9.17) is 18.9 Å². The van der Waals surface area contributed by atoms with Crippen LogP contribution in [0.3, 0.4) is 0 Å². The topological polar surface area (TPSA) is 40.2 Å². The van der Waals surface area contributed by atoms with E-state index in [-0.39, 0.29) is 6.10 Å². The van der Waals surface area contributed by atoms with Gasteiger partial charge in [-0.05, 0) is 41.1 Å². The van der Waals surface area contributed by atoms with Crippen LogP contribution in [0, 0.1) is 0 Å². The quantitative estimate of drug-likeness (QED) is 0.546. The lowest BCUT2D eigenvalue weighted by molar-refractivity contribution is 0.110. The van der Waals surface area contributed by atoms with E-state index in [1.54, 1.807) is 0 Å². The Morgan fingerprint density at radius 3 is 2.83 bits per heavy atom. The molecule has 1 heterocycles. The molecule has 1 aliphatic rings. The Hall–Kier alpha value is -0.780. The number of hydrogen-bond donors (Lipinski definition) is 0. The zero-order chi connectivity index (χ0) is 12.8. The monoisotopic (exact) mass is 316 g/mol. The van der Waals surface area contributed by atoms with Crippen LogP contribution in [0.25, 0.3) is 0 Å². The van der Waals surface area contributed by atoms with Crippen LogP contribution in [0.2, 0.25) is 0 Å². The number of rotatable bonds is 8. The molecule has 0 amide bonds. The van der Waals surface area contributed by atoms with E-state index in [1.165, 1.54) is 0 Å². The van der Waals surface area contributed by atoms with Crippen LogP contribution in [0.5, 0.6) is 11.5 Å². The predicted molar refractivity (Wildman–Crippen MR) is 71.4 cm³/mol. The molecule has 0 saturated carbocycles. The van der Waals surface area contributed by atoms with Gasteiger partial charge in [-0.25, -0.2) is 0 Å². The molecule has 100 valence electrons. The van der Waals surface area contributed by atoms with Gasteiger partial charge in [-0.1, -0.05) is 0 Å². The molecule has 1 saturated heterocycles. The van der Waals surface area contributed by atoms with Crippen LogP contribution in [-0.4, -0.2) is 39.1 Å². The van der Waals surface area contributed by atoms with E-state index in [0.29, 0.717) is 26.4 Å². The van der Waals surface area contributed by atoms with Gasteiger partial charge in [0.05, 0.1) is 17.7 Å². The fraction of sp³-hybridized carbons (Fsp3) is 0.538. The van der Waals surface area contributed by atoms with Crippen molar-refractivity contribution < 1.29 is 18.9 Å². The SMILES string of the molecule is CCOCCOc1ccc(OCC2CO2)c(Br)c1. The zero-order valence-corrected chi connectivity index (χ0v) is 11.9. The van der Waals surface area contributed by atoms with Crippen molar-refractivity contribution in [1.29, 1.82) is 0 Å². The molecule has 1 unspecified atom stereocenters. The lowest BCUT2D eigenvalue weighted by Gasteiger charge is -2.10. The number of ether oxygens (including phenoxy) is 4. The summed E-state index contributed by atoms with van der Waals surface area (Å²) in [5.41, 5.74) is 0. The first-order chi connectivity index (χ1) is 8.79. The minimum atomic E-state index is 0.263. The van der Waals surface area contributed by atoms with Crippen molar-refractivity contribution in [2.24, 2.45) is 0 Å². The van der Waals surface area contributed by atoms with Crippen LogP contribution in [-0.2, 0) is 9.47 Å². The van der Waals surface area contributed by atoms with Gasteiger partial charge in [-0.2, -0.15) is 0 Å². The normalized spacial score (nSPS) is 17.6. The Kier molecular flexibility index (Phi) is 5.28. The Morgan fingerprint density at radius 1 is 1.33 bits per heavy atom. The Morgan fingerprint density at radius 2 is 2.17 bits per heavy atom. The summed E-state index contributed by atoms with van der Waals surface area (Å²) in [6, 6.07) is 5.68. The molecule has 0 N–H and O–H groups in total. The lowest BCUT2D eigenvalue weighted by atomic mass is 10.3. The molecule has 0 aliphatic carbocycles. The van der Waals surface area contributed by atoms with Crippen molar-refractivity contribution in [2.75, 3.05) is 33.0 Å². The van der Waals surface area contributed by atoms with Crippen LogP contribution in [0.4, 0.5) is 0 Å². The van der Waals surface area contributed by atoms with Gasteiger partial charge in [0.25, 0.3) is 0 Å². The second-order valence-corrected chi connectivity index (χ2v) is 4.76. The molecule has 5 heteroatoms. The Balaban J connectivity index is 1.79. The predicted octanol–water partition coefficient (Wildman–Crippen LogP) is 2.64. The first-order valence-corrected chi connectivity index (χ1v) is 6.83. The van der Waals surface area contributed by atoms with Crippen molar-refractivity contribution in [2.45, 2.75) is 13.0 Å².